The molecular formula is C44H46ClN3O5. The van der Waals surface area contributed by atoms with Gasteiger partial charge in [-0.1, -0.05) is 86.1 Å². The molecule has 5 aromatic rings. The number of nitrogens with zero attached hydrogens (tertiary/aromatic N) is 3. The van der Waals surface area contributed by atoms with Gasteiger partial charge in [-0.15, -0.1) is 0 Å². The first-order valence-electron chi connectivity index (χ1n) is 18.0. The first-order chi connectivity index (χ1) is 25.8. The van der Waals surface area contributed by atoms with Crippen molar-refractivity contribution in [1.29, 1.82) is 0 Å². The summed E-state index contributed by atoms with van der Waals surface area (Å²) in [5.41, 5.74) is 5.57. The van der Waals surface area contributed by atoms with Crippen LogP contribution in [0.5, 0.6) is 28.9 Å². The van der Waals surface area contributed by atoms with E-state index in [1.807, 2.05) is 41.3 Å². The first-order valence-corrected chi connectivity index (χ1v) is 18.4. The average molecular weight is 732 g/mol. The monoisotopic (exact) mass is 731 g/mol. The van der Waals surface area contributed by atoms with E-state index >= 15 is 0 Å². The molecule has 9 heteroatoms. The average Bonchev–Trinajstić information content (AvgIpc) is 3.18. The van der Waals surface area contributed by atoms with Gasteiger partial charge < -0.3 is 23.8 Å². The lowest BCUT2D eigenvalue weighted by molar-refractivity contribution is -0.127. The number of pyridine rings is 1. The molecule has 274 valence electrons. The first kappa shape index (κ1) is 37.4. The van der Waals surface area contributed by atoms with Crippen LogP contribution in [0.2, 0.25) is 5.02 Å². The SMILES string of the molecule is COc1cc(C=CC(=O)N2CCN(Cc3ccc(CCOc4ccc(C(C)C)cc4)cc3)CC2)ccc1Oc1ccc(OCc2ccccc2Cl)cn1. The highest BCUT2D eigenvalue weighted by atomic mass is 35.5. The van der Waals surface area contributed by atoms with Crippen molar-refractivity contribution in [3.8, 4) is 28.9 Å². The highest BCUT2D eigenvalue weighted by molar-refractivity contribution is 6.31. The van der Waals surface area contributed by atoms with Crippen LogP contribution in [-0.2, 0) is 24.4 Å². The Hall–Kier alpha value is -5.31. The minimum atomic E-state index is -0.00701. The molecule has 6 rings (SSSR count). The third kappa shape index (κ3) is 10.9. The Morgan fingerprint density at radius 2 is 1.57 bits per heavy atom. The summed E-state index contributed by atoms with van der Waals surface area (Å²) in [6.07, 6.45) is 5.89. The van der Waals surface area contributed by atoms with Crippen LogP contribution in [0, 0.1) is 0 Å². The molecule has 0 saturated carbocycles. The molecule has 0 radical (unpaired) electrons. The summed E-state index contributed by atoms with van der Waals surface area (Å²) in [5, 5.41) is 0.657. The van der Waals surface area contributed by atoms with E-state index in [-0.39, 0.29) is 5.91 Å². The molecule has 1 aromatic heterocycles. The van der Waals surface area contributed by atoms with E-state index in [1.54, 1.807) is 43.7 Å². The fourth-order valence-corrected chi connectivity index (χ4v) is 6.17. The zero-order valence-electron chi connectivity index (χ0n) is 30.5. The van der Waals surface area contributed by atoms with Crippen LogP contribution in [0.15, 0.2) is 115 Å². The van der Waals surface area contributed by atoms with Gasteiger partial charge in [0.1, 0.15) is 18.1 Å². The highest BCUT2D eigenvalue weighted by Crippen LogP contribution is 2.32. The number of carbonyl (C=O) groups excluding carboxylic acids is 1. The van der Waals surface area contributed by atoms with Gasteiger partial charge in [0.05, 0.1) is 19.9 Å². The van der Waals surface area contributed by atoms with Crippen LogP contribution < -0.4 is 18.9 Å². The third-order valence-corrected chi connectivity index (χ3v) is 9.57. The fourth-order valence-electron chi connectivity index (χ4n) is 5.98. The number of carbonyl (C=O) groups is 1. The number of hydrogen-bond acceptors (Lipinski definition) is 7. The Balaban J connectivity index is 0.921. The largest absolute Gasteiger partial charge is 0.493 e. The van der Waals surface area contributed by atoms with Gasteiger partial charge in [-0.3, -0.25) is 9.69 Å². The van der Waals surface area contributed by atoms with Crippen molar-refractivity contribution in [3.63, 3.8) is 0 Å². The molecule has 1 saturated heterocycles. The molecule has 1 aliphatic heterocycles. The minimum absolute atomic E-state index is 0.00701. The Labute approximate surface area is 317 Å². The molecule has 0 bridgehead atoms. The number of rotatable bonds is 15. The zero-order valence-corrected chi connectivity index (χ0v) is 31.3. The van der Waals surface area contributed by atoms with E-state index in [4.69, 9.17) is 30.5 Å². The molecule has 0 N–H and O–H groups in total. The van der Waals surface area contributed by atoms with Gasteiger partial charge in [0, 0.05) is 61.9 Å². The summed E-state index contributed by atoms with van der Waals surface area (Å²) in [7, 11) is 1.58. The number of ether oxygens (including phenoxy) is 4. The van der Waals surface area contributed by atoms with Crippen molar-refractivity contribution in [2.75, 3.05) is 39.9 Å². The van der Waals surface area contributed by atoms with Crippen molar-refractivity contribution >= 4 is 23.6 Å². The summed E-state index contributed by atoms with van der Waals surface area (Å²) in [5.74, 6) is 3.46. The molecule has 2 heterocycles. The van der Waals surface area contributed by atoms with Gasteiger partial charge in [0.2, 0.25) is 11.8 Å². The van der Waals surface area contributed by atoms with E-state index < -0.39 is 0 Å². The number of hydrogen-bond donors (Lipinski definition) is 0. The van der Waals surface area contributed by atoms with E-state index in [0.717, 1.165) is 42.9 Å². The van der Waals surface area contributed by atoms with Crippen LogP contribution in [0.1, 0.15) is 47.6 Å². The van der Waals surface area contributed by atoms with Crippen LogP contribution >= 0.6 is 11.6 Å². The third-order valence-electron chi connectivity index (χ3n) is 9.20. The van der Waals surface area contributed by atoms with Gasteiger partial charge >= 0.3 is 0 Å². The highest BCUT2D eigenvalue weighted by Gasteiger charge is 2.20. The van der Waals surface area contributed by atoms with E-state index in [9.17, 15) is 4.79 Å². The van der Waals surface area contributed by atoms with Crippen LogP contribution in [0.4, 0.5) is 0 Å². The van der Waals surface area contributed by atoms with Crippen LogP contribution in [0.3, 0.4) is 0 Å². The summed E-state index contributed by atoms with van der Waals surface area (Å²) in [6, 6.07) is 33.7. The molecule has 1 amide bonds. The molecule has 8 nitrogen and oxygen atoms in total. The molecule has 1 aliphatic rings. The maximum atomic E-state index is 13.1. The van der Waals surface area contributed by atoms with Gasteiger partial charge in [-0.25, -0.2) is 4.98 Å². The second kappa shape index (κ2) is 18.4. The lowest BCUT2D eigenvalue weighted by Crippen LogP contribution is -2.47. The van der Waals surface area contributed by atoms with Gasteiger partial charge in [-0.2, -0.15) is 0 Å². The van der Waals surface area contributed by atoms with Gasteiger partial charge in [0.15, 0.2) is 11.5 Å². The van der Waals surface area contributed by atoms with Crippen molar-refractivity contribution in [3.05, 3.63) is 148 Å². The minimum Gasteiger partial charge on any atom is -0.493 e. The van der Waals surface area contributed by atoms with Gasteiger partial charge in [0.25, 0.3) is 0 Å². The second-order valence-electron chi connectivity index (χ2n) is 13.3. The van der Waals surface area contributed by atoms with Crippen molar-refractivity contribution in [2.24, 2.45) is 0 Å². The normalized spacial score (nSPS) is 13.3. The second-order valence-corrected chi connectivity index (χ2v) is 13.7. The maximum Gasteiger partial charge on any atom is 0.246 e. The standard InChI is InChI=1S/C44H46ClN3O5/c1-32(2)36-14-16-38(17-15-36)51-27-22-33-8-10-35(11-9-33)30-47-23-25-48(26-24-47)44(49)21-13-34-12-19-41(42(28-34)50-3)53-43-20-18-39(29-46-43)52-31-37-6-4-5-7-40(37)45/h4-21,28-29,32H,22-27,30-31H2,1-3H3. The van der Waals surface area contributed by atoms with E-state index in [1.165, 1.54) is 16.7 Å². The fraction of sp³-hybridized carbons (Fsp3) is 0.273. The molecule has 53 heavy (non-hydrogen) atoms. The molecular weight excluding hydrogens is 686 g/mol. The number of aromatic nitrogens is 1. The molecule has 0 unspecified atom stereocenters. The van der Waals surface area contributed by atoms with Crippen LogP contribution in [-0.4, -0.2) is 60.6 Å². The predicted molar refractivity (Wildman–Crippen MR) is 210 cm³/mol. The summed E-state index contributed by atoms with van der Waals surface area (Å²) < 4.78 is 23.3. The molecule has 0 spiro atoms. The van der Waals surface area contributed by atoms with Crippen molar-refractivity contribution < 1.29 is 23.7 Å². The Kier molecular flexibility index (Phi) is 13.0. The Morgan fingerprint density at radius 1 is 0.830 bits per heavy atom. The number of benzene rings is 4. The summed E-state index contributed by atoms with van der Waals surface area (Å²) in [4.78, 5) is 21.7. The van der Waals surface area contributed by atoms with Crippen LogP contribution in [0.25, 0.3) is 6.08 Å². The number of piperazine rings is 1. The maximum absolute atomic E-state index is 13.1. The summed E-state index contributed by atoms with van der Waals surface area (Å²) >= 11 is 6.22. The Morgan fingerprint density at radius 3 is 2.26 bits per heavy atom. The van der Waals surface area contributed by atoms with Crippen molar-refractivity contribution in [2.45, 2.75) is 39.3 Å². The Bertz CT molecular complexity index is 1960. The quantitative estimate of drug-likeness (QED) is 0.0995. The van der Waals surface area contributed by atoms with E-state index in [0.29, 0.717) is 60.4 Å². The number of amides is 1. The summed E-state index contributed by atoms with van der Waals surface area (Å²) in [6.45, 7) is 9.26. The number of methoxy groups -OCH3 is 1. The van der Waals surface area contributed by atoms with E-state index in [2.05, 4.69) is 72.3 Å². The lowest BCUT2D eigenvalue weighted by atomic mass is 10.0. The lowest BCUT2D eigenvalue weighted by Gasteiger charge is -2.34. The number of halogens is 1. The van der Waals surface area contributed by atoms with Gasteiger partial charge in [-0.05, 0) is 70.6 Å². The topological polar surface area (TPSA) is 73.4 Å². The molecule has 4 aromatic carbocycles. The molecule has 0 atom stereocenters. The predicted octanol–water partition coefficient (Wildman–Crippen LogP) is 9.22. The smallest absolute Gasteiger partial charge is 0.246 e. The molecule has 0 aliphatic carbocycles. The van der Waals surface area contributed by atoms with Crippen molar-refractivity contribution in [1.82, 2.24) is 14.8 Å². The molecule has 1 fully saturated rings. The zero-order chi connectivity index (χ0) is 37.0.